The van der Waals surface area contributed by atoms with Gasteiger partial charge in [0.15, 0.2) is 11.2 Å². The summed E-state index contributed by atoms with van der Waals surface area (Å²) in [5.74, 6) is -1.81. The number of rotatable bonds is 4. The number of nitro groups is 1. The average Bonchev–Trinajstić information content (AvgIpc) is 3.13. The van der Waals surface area contributed by atoms with Gasteiger partial charge in [-0.2, -0.15) is 5.26 Å². The molecule has 2 heterocycles. The lowest BCUT2D eigenvalue weighted by Crippen LogP contribution is -2.48. The molecule has 2 aliphatic heterocycles. The molecule has 8 heteroatoms. The standard InChI is InChI=1S/C26H25N3O5/c1-25(2,3)23(30)22-21(17-9-12-18(13-10-17)29(32)33)26(15-27,24(31)34-4)20-14-11-16-7-5-6-8-19(16)28(20)22/h5-14,20-22H,1-4H3/t20-,21+,22-,26+/m0/s1. The molecule has 0 saturated carbocycles. The number of ketones is 1. The third-order valence-electron chi connectivity index (χ3n) is 6.72. The van der Waals surface area contributed by atoms with Gasteiger partial charge in [0, 0.05) is 29.2 Å². The maximum atomic E-state index is 14.0. The van der Waals surface area contributed by atoms with Gasteiger partial charge >= 0.3 is 5.97 Å². The van der Waals surface area contributed by atoms with Crippen molar-refractivity contribution in [1.29, 1.82) is 5.26 Å². The highest BCUT2D eigenvalue weighted by atomic mass is 16.6. The largest absolute Gasteiger partial charge is 0.468 e. The van der Waals surface area contributed by atoms with E-state index in [0.29, 0.717) is 5.56 Å². The first kappa shape index (κ1) is 23.2. The number of nitrogens with zero attached hydrogens (tertiary/aromatic N) is 3. The van der Waals surface area contributed by atoms with Gasteiger partial charge in [-0.15, -0.1) is 0 Å². The molecule has 1 saturated heterocycles. The van der Waals surface area contributed by atoms with E-state index in [1.807, 2.05) is 35.2 Å². The normalized spacial score (nSPS) is 25.1. The summed E-state index contributed by atoms with van der Waals surface area (Å²) in [4.78, 5) is 39.9. The number of hydrogen-bond donors (Lipinski definition) is 0. The second-order valence-electron chi connectivity index (χ2n) is 9.63. The summed E-state index contributed by atoms with van der Waals surface area (Å²) >= 11 is 0. The second-order valence-corrected chi connectivity index (χ2v) is 9.63. The van der Waals surface area contributed by atoms with E-state index in [9.17, 15) is 25.0 Å². The summed E-state index contributed by atoms with van der Waals surface area (Å²) in [5, 5.41) is 21.8. The number of nitriles is 1. The van der Waals surface area contributed by atoms with Crippen molar-refractivity contribution in [2.24, 2.45) is 10.8 Å². The van der Waals surface area contributed by atoms with Crippen molar-refractivity contribution in [3.05, 3.63) is 75.8 Å². The van der Waals surface area contributed by atoms with Crippen LogP contribution >= 0.6 is 0 Å². The first-order chi connectivity index (χ1) is 16.1. The number of para-hydroxylation sites is 1. The number of hydrogen-bond acceptors (Lipinski definition) is 7. The molecule has 174 valence electrons. The number of anilines is 1. The highest BCUT2D eigenvalue weighted by molar-refractivity contribution is 5.99. The number of non-ortho nitro benzene ring substituents is 1. The fraction of sp³-hybridized carbons (Fsp3) is 0.346. The Bertz CT molecular complexity index is 1240. The van der Waals surface area contributed by atoms with Crippen molar-refractivity contribution >= 4 is 29.2 Å². The van der Waals surface area contributed by atoms with E-state index < -0.39 is 39.7 Å². The molecule has 0 N–H and O–H groups in total. The number of fused-ring (bicyclic) bond motifs is 3. The van der Waals surface area contributed by atoms with Gasteiger partial charge in [-0.25, -0.2) is 0 Å². The number of nitro benzene ring substituents is 1. The highest BCUT2D eigenvalue weighted by Gasteiger charge is 2.67. The van der Waals surface area contributed by atoms with Crippen LogP contribution in [0, 0.1) is 32.3 Å². The lowest BCUT2D eigenvalue weighted by atomic mass is 9.67. The summed E-state index contributed by atoms with van der Waals surface area (Å²) in [6.07, 6.45) is 3.62. The Morgan fingerprint density at radius 1 is 1.15 bits per heavy atom. The van der Waals surface area contributed by atoms with Crippen molar-refractivity contribution in [2.45, 2.75) is 38.8 Å². The van der Waals surface area contributed by atoms with Crippen LogP contribution in [0.1, 0.15) is 37.8 Å². The molecule has 34 heavy (non-hydrogen) atoms. The number of benzene rings is 2. The third-order valence-corrected chi connectivity index (χ3v) is 6.72. The number of esters is 1. The first-order valence-electron chi connectivity index (χ1n) is 10.9. The van der Waals surface area contributed by atoms with Crippen LogP contribution in [-0.4, -0.2) is 35.9 Å². The monoisotopic (exact) mass is 459 g/mol. The van der Waals surface area contributed by atoms with Crippen LogP contribution in [0.4, 0.5) is 11.4 Å². The molecule has 0 aromatic heterocycles. The summed E-state index contributed by atoms with van der Waals surface area (Å²) in [7, 11) is 1.22. The fourth-order valence-electron chi connectivity index (χ4n) is 5.16. The Balaban J connectivity index is 2.04. The molecule has 2 aromatic carbocycles. The van der Waals surface area contributed by atoms with Crippen LogP contribution in [0.2, 0.25) is 0 Å². The third kappa shape index (κ3) is 3.27. The van der Waals surface area contributed by atoms with Gasteiger partial charge < -0.3 is 9.64 Å². The van der Waals surface area contributed by atoms with E-state index in [0.717, 1.165) is 11.3 Å². The van der Waals surface area contributed by atoms with Crippen LogP contribution in [0.15, 0.2) is 54.6 Å². The zero-order chi connectivity index (χ0) is 24.8. The molecule has 2 aromatic rings. The summed E-state index contributed by atoms with van der Waals surface area (Å²) in [6.45, 7) is 5.40. The van der Waals surface area contributed by atoms with Gasteiger partial charge in [0.25, 0.3) is 5.69 Å². The molecule has 0 bridgehead atoms. The van der Waals surface area contributed by atoms with E-state index in [1.165, 1.54) is 31.4 Å². The minimum Gasteiger partial charge on any atom is -0.468 e. The molecule has 8 nitrogen and oxygen atoms in total. The van der Waals surface area contributed by atoms with Crippen LogP contribution in [0.25, 0.3) is 6.08 Å². The first-order valence-corrected chi connectivity index (χ1v) is 10.9. The molecule has 0 spiro atoms. The Morgan fingerprint density at radius 2 is 1.79 bits per heavy atom. The van der Waals surface area contributed by atoms with Crippen molar-refractivity contribution < 1.29 is 19.2 Å². The van der Waals surface area contributed by atoms with E-state index >= 15 is 0 Å². The number of methoxy groups -OCH3 is 1. The van der Waals surface area contributed by atoms with Gasteiger partial charge in [0.1, 0.15) is 0 Å². The Labute approximate surface area is 197 Å². The molecule has 0 unspecified atom stereocenters. The van der Waals surface area contributed by atoms with Gasteiger partial charge in [0.05, 0.1) is 30.2 Å². The minimum absolute atomic E-state index is 0.121. The van der Waals surface area contributed by atoms with Crippen molar-refractivity contribution in [3.8, 4) is 6.07 Å². The summed E-state index contributed by atoms with van der Waals surface area (Å²) in [6, 6.07) is 13.8. The predicted molar refractivity (Wildman–Crippen MR) is 126 cm³/mol. The zero-order valence-electron chi connectivity index (χ0n) is 19.4. The Hall–Kier alpha value is -3.99. The maximum absolute atomic E-state index is 14.0. The van der Waals surface area contributed by atoms with Gasteiger partial charge in [-0.3, -0.25) is 19.7 Å². The Kier molecular flexibility index (Phi) is 5.52. The van der Waals surface area contributed by atoms with E-state index in [4.69, 9.17) is 4.74 Å². The van der Waals surface area contributed by atoms with Crippen molar-refractivity contribution in [1.82, 2.24) is 0 Å². The van der Waals surface area contributed by atoms with Gasteiger partial charge in [0.2, 0.25) is 0 Å². The zero-order valence-corrected chi connectivity index (χ0v) is 19.4. The van der Waals surface area contributed by atoms with Gasteiger partial charge in [-0.1, -0.05) is 63.3 Å². The molecule has 0 amide bonds. The molecule has 0 radical (unpaired) electrons. The topological polar surface area (TPSA) is 114 Å². The van der Waals surface area contributed by atoms with Crippen LogP contribution in [-0.2, 0) is 14.3 Å². The smallest absolute Gasteiger partial charge is 0.329 e. The number of carbonyl (C=O) groups is 2. The van der Waals surface area contributed by atoms with Crippen molar-refractivity contribution in [3.63, 3.8) is 0 Å². The summed E-state index contributed by atoms with van der Waals surface area (Å²) in [5.41, 5.74) is -0.562. The maximum Gasteiger partial charge on any atom is 0.329 e. The van der Waals surface area contributed by atoms with E-state index in [1.54, 1.807) is 26.8 Å². The quantitative estimate of drug-likeness (QED) is 0.381. The van der Waals surface area contributed by atoms with E-state index in [-0.39, 0.29) is 11.5 Å². The summed E-state index contributed by atoms with van der Waals surface area (Å²) < 4.78 is 5.15. The second kappa shape index (κ2) is 8.10. The van der Waals surface area contributed by atoms with Crippen LogP contribution in [0.5, 0.6) is 0 Å². The number of Topliss-reactive ketones (excluding diaryl/α,β-unsaturated/α-hetero) is 1. The highest BCUT2D eigenvalue weighted by Crippen LogP contribution is 2.57. The predicted octanol–water partition coefficient (Wildman–Crippen LogP) is 4.26. The fourth-order valence-corrected chi connectivity index (χ4v) is 5.16. The van der Waals surface area contributed by atoms with Crippen molar-refractivity contribution in [2.75, 3.05) is 12.0 Å². The minimum atomic E-state index is -1.75. The Morgan fingerprint density at radius 3 is 2.35 bits per heavy atom. The number of ether oxygens (including phenoxy) is 1. The molecule has 4 atom stereocenters. The van der Waals surface area contributed by atoms with Crippen LogP contribution in [0.3, 0.4) is 0 Å². The van der Waals surface area contributed by atoms with Gasteiger partial charge in [-0.05, 0) is 17.2 Å². The molecule has 2 aliphatic rings. The SMILES string of the molecule is COC(=O)[C@@]1(C#N)[C@H](c2ccc([N+](=O)[O-])cc2)[C@@H](C(=O)C(C)(C)C)N2c3ccccc3C=C[C@H]21. The average molecular weight is 460 g/mol. The molecule has 4 rings (SSSR count). The lowest BCUT2D eigenvalue weighted by molar-refractivity contribution is -0.384. The molecular formula is C26H25N3O5. The molecular weight excluding hydrogens is 434 g/mol. The number of carbonyl (C=O) groups excluding carboxylic acids is 2. The molecule has 1 fully saturated rings. The van der Waals surface area contributed by atoms with E-state index in [2.05, 4.69) is 6.07 Å². The van der Waals surface area contributed by atoms with Crippen LogP contribution < -0.4 is 4.90 Å². The molecule has 0 aliphatic carbocycles. The lowest BCUT2D eigenvalue weighted by Gasteiger charge is -2.37.